The molecule has 0 saturated heterocycles. The molecule has 2 aromatic rings. The Morgan fingerprint density at radius 1 is 1.04 bits per heavy atom. The number of imide groups is 1. The van der Waals surface area contributed by atoms with Crippen molar-refractivity contribution in [1.82, 2.24) is 10.1 Å². The highest BCUT2D eigenvalue weighted by molar-refractivity contribution is 6.30. The number of hydrogen-bond acceptors (Lipinski definition) is 6. The van der Waals surface area contributed by atoms with Gasteiger partial charge in [-0.25, -0.2) is 14.5 Å². The summed E-state index contributed by atoms with van der Waals surface area (Å²) in [5, 5.41) is 4.50. The number of carbonyl (C=O) groups excluding carboxylic acids is 2. The summed E-state index contributed by atoms with van der Waals surface area (Å²) in [5.74, 6) is 0.464. The molecular formula is C20H25ClN2O5. The molecule has 0 N–H and O–H groups in total. The van der Waals surface area contributed by atoms with Crippen molar-refractivity contribution >= 4 is 23.8 Å². The summed E-state index contributed by atoms with van der Waals surface area (Å²) < 4.78 is 16.0. The summed E-state index contributed by atoms with van der Waals surface area (Å²) in [6.07, 6.45) is -1.65. The first kappa shape index (κ1) is 21.8. The van der Waals surface area contributed by atoms with Gasteiger partial charge in [0.25, 0.3) is 0 Å². The van der Waals surface area contributed by atoms with Crippen LogP contribution in [0.2, 0.25) is 5.02 Å². The Kier molecular flexibility index (Phi) is 6.39. The van der Waals surface area contributed by atoms with Crippen LogP contribution in [0, 0.1) is 0 Å². The molecule has 2 rings (SSSR count). The van der Waals surface area contributed by atoms with Crippen LogP contribution in [0.3, 0.4) is 0 Å². The minimum atomic E-state index is -0.825. The molecule has 0 unspecified atom stereocenters. The van der Waals surface area contributed by atoms with Gasteiger partial charge in [-0.05, 0) is 53.7 Å². The van der Waals surface area contributed by atoms with E-state index in [-0.39, 0.29) is 6.54 Å². The molecule has 0 aliphatic heterocycles. The Bertz CT molecular complexity index is 821. The summed E-state index contributed by atoms with van der Waals surface area (Å²) in [7, 11) is 0. The summed E-state index contributed by atoms with van der Waals surface area (Å²) >= 11 is 6.00. The quantitative estimate of drug-likeness (QED) is 0.650. The van der Waals surface area contributed by atoms with Crippen molar-refractivity contribution in [3.05, 3.63) is 41.0 Å². The van der Waals surface area contributed by atoms with E-state index >= 15 is 0 Å². The second kappa shape index (κ2) is 8.22. The van der Waals surface area contributed by atoms with Crippen molar-refractivity contribution in [1.29, 1.82) is 0 Å². The van der Waals surface area contributed by atoms with E-state index in [0.717, 1.165) is 10.5 Å². The Hall–Kier alpha value is -2.54. The van der Waals surface area contributed by atoms with Crippen LogP contribution in [-0.4, -0.2) is 33.4 Å². The maximum Gasteiger partial charge on any atom is 0.420 e. The molecule has 28 heavy (non-hydrogen) atoms. The number of nitrogens with zero attached hydrogens (tertiary/aromatic N) is 2. The van der Waals surface area contributed by atoms with Gasteiger partial charge in [-0.15, -0.1) is 0 Å². The van der Waals surface area contributed by atoms with Crippen LogP contribution in [0.1, 0.15) is 47.2 Å². The first-order valence-electron chi connectivity index (χ1n) is 8.79. The normalized spacial score (nSPS) is 11.8. The molecule has 2 amide bonds. The first-order valence-corrected chi connectivity index (χ1v) is 9.17. The number of hydrogen-bond donors (Lipinski definition) is 0. The lowest BCUT2D eigenvalue weighted by atomic mass is 10.1. The zero-order chi connectivity index (χ0) is 21.1. The minimum Gasteiger partial charge on any atom is -0.443 e. The van der Waals surface area contributed by atoms with Crippen LogP contribution < -0.4 is 0 Å². The van der Waals surface area contributed by atoms with Crippen LogP contribution >= 0.6 is 11.6 Å². The highest BCUT2D eigenvalue weighted by Crippen LogP contribution is 2.24. The van der Waals surface area contributed by atoms with Gasteiger partial charge in [-0.1, -0.05) is 28.9 Å². The van der Waals surface area contributed by atoms with Crippen LogP contribution in [0.15, 0.2) is 34.9 Å². The molecule has 8 heteroatoms. The van der Waals surface area contributed by atoms with E-state index in [9.17, 15) is 9.59 Å². The van der Waals surface area contributed by atoms with E-state index in [1.54, 1.807) is 65.8 Å². The van der Waals surface area contributed by atoms with Crippen LogP contribution in [-0.2, 0) is 16.0 Å². The van der Waals surface area contributed by atoms with E-state index in [2.05, 4.69) is 5.16 Å². The molecule has 1 aromatic carbocycles. The molecular weight excluding hydrogens is 384 g/mol. The maximum atomic E-state index is 12.5. The average Bonchev–Trinajstić information content (AvgIpc) is 2.97. The molecule has 0 aliphatic carbocycles. The topological polar surface area (TPSA) is 81.9 Å². The van der Waals surface area contributed by atoms with Gasteiger partial charge in [-0.2, -0.15) is 0 Å². The van der Waals surface area contributed by atoms with Gasteiger partial charge in [0.05, 0.1) is 6.54 Å². The SMILES string of the molecule is CC(C)(C)OC(=O)N(Cc1cc(-c2cccc(Cl)c2)on1)C(=O)OC(C)(C)C. The van der Waals surface area contributed by atoms with Crippen molar-refractivity contribution < 1.29 is 23.6 Å². The molecule has 0 fully saturated rings. The summed E-state index contributed by atoms with van der Waals surface area (Å²) in [4.78, 5) is 25.9. The molecule has 152 valence electrons. The number of benzene rings is 1. The van der Waals surface area contributed by atoms with E-state index in [4.69, 9.17) is 25.6 Å². The Labute approximate surface area is 169 Å². The van der Waals surface area contributed by atoms with Gasteiger partial charge < -0.3 is 14.0 Å². The Morgan fingerprint density at radius 2 is 1.61 bits per heavy atom. The predicted octanol–water partition coefficient (Wildman–Crippen LogP) is 5.67. The predicted molar refractivity (Wildman–Crippen MR) is 105 cm³/mol. The van der Waals surface area contributed by atoms with Crippen molar-refractivity contribution in [2.24, 2.45) is 0 Å². The van der Waals surface area contributed by atoms with Crippen LogP contribution in [0.4, 0.5) is 9.59 Å². The second-order valence-electron chi connectivity index (χ2n) is 8.24. The van der Waals surface area contributed by atoms with Gasteiger partial charge in [0.1, 0.15) is 16.9 Å². The van der Waals surface area contributed by atoms with Gasteiger partial charge in [0, 0.05) is 16.7 Å². The molecule has 7 nitrogen and oxygen atoms in total. The zero-order valence-corrected chi connectivity index (χ0v) is 17.7. The summed E-state index contributed by atoms with van der Waals surface area (Å²) in [5.41, 5.74) is -0.445. The molecule has 0 radical (unpaired) electrons. The summed E-state index contributed by atoms with van der Waals surface area (Å²) in [6.45, 7) is 10.1. The number of halogens is 1. The highest BCUT2D eigenvalue weighted by Gasteiger charge is 2.32. The van der Waals surface area contributed by atoms with Gasteiger partial charge in [-0.3, -0.25) is 0 Å². The Morgan fingerprint density at radius 3 is 2.11 bits per heavy atom. The molecule has 0 spiro atoms. The number of amides is 2. The molecule has 0 aliphatic rings. The largest absolute Gasteiger partial charge is 0.443 e. The standard InChI is InChI=1S/C20H25ClN2O5/c1-19(2,3)26-17(24)23(18(25)27-20(4,5)6)12-15-11-16(28-22-15)13-8-7-9-14(21)10-13/h7-11H,12H2,1-6H3. The van der Waals surface area contributed by atoms with Crippen molar-refractivity contribution in [3.8, 4) is 11.3 Å². The smallest absolute Gasteiger partial charge is 0.420 e. The molecule has 1 aromatic heterocycles. The summed E-state index contributed by atoms with van der Waals surface area (Å²) in [6, 6.07) is 8.71. The highest BCUT2D eigenvalue weighted by atomic mass is 35.5. The van der Waals surface area contributed by atoms with Crippen molar-refractivity contribution in [3.63, 3.8) is 0 Å². The third-order valence-electron chi connectivity index (χ3n) is 3.22. The number of ether oxygens (including phenoxy) is 2. The number of carbonyl (C=O) groups is 2. The van der Waals surface area contributed by atoms with Crippen molar-refractivity contribution in [2.75, 3.05) is 0 Å². The number of aromatic nitrogens is 1. The Balaban J connectivity index is 2.24. The fourth-order valence-corrected chi connectivity index (χ4v) is 2.35. The molecule has 0 atom stereocenters. The van der Waals surface area contributed by atoms with E-state index in [1.807, 2.05) is 6.07 Å². The third-order valence-corrected chi connectivity index (χ3v) is 3.45. The maximum absolute atomic E-state index is 12.5. The minimum absolute atomic E-state index is 0.159. The monoisotopic (exact) mass is 408 g/mol. The lowest BCUT2D eigenvalue weighted by molar-refractivity contribution is -0.000597. The third kappa shape index (κ3) is 6.56. The molecule has 0 saturated carbocycles. The van der Waals surface area contributed by atoms with Crippen LogP contribution in [0.5, 0.6) is 0 Å². The fraction of sp³-hybridized carbons (Fsp3) is 0.450. The fourth-order valence-electron chi connectivity index (χ4n) is 2.16. The van der Waals surface area contributed by atoms with E-state index in [1.165, 1.54) is 0 Å². The first-order chi connectivity index (χ1) is 12.8. The van der Waals surface area contributed by atoms with Crippen molar-refractivity contribution in [2.45, 2.75) is 59.3 Å². The van der Waals surface area contributed by atoms with Crippen LogP contribution in [0.25, 0.3) is 11.3 Å². The lowest BCUT2D eigenvalue weighted by Crippen LogP contribution is -2.43. The zero-order valence-electron chi connectivity index (χ0n) is 16.9. The average molecular weight is 409 g/mol. The molecule has 1 heterocycles. The van der Waals surface area contributed by atoms with Gasteiger partial charge in [0.15, 0.2) is 5.76 Å². The van der Waals surface area contributed by atoms with E-state index < -0.39 is 23.4 Å². The van der Waals surface area contributed by atoms with Gasteiger partial charge in [0.2, 0.25) is 0 Å². The van der Waals surface area contributed by atoms with E-state index in [0.29, 0.717) is 16.5 Å². The lowest BCUT2D eigenvalue weighted by Gasteiger charge is -2.28. The molecule has 0 bridgehead atoms. The van der Waals surface area contributed by atoms with Gasteiger partial charge >= 0.3 is 12.2 Å². The number of rotatable bonds is 3. The second-order valence-corrected chi connectivity index (χ2v) is 8.68.